The van der Waals surface area contributed by atoms with Crippen LogP contribution in [0.2, 0.25) is 0 Å². The Morgan fingerprint density at radius 2 is 2.03 bits per heavy atom. The first kappa shape index (κ1) is 30.6. The normalized spacial score (nSPS) is 17.0. The molecule has 7 nitrogen and oxygen atoms in total. The first-order valence-corrected chi connectivity index (χ1v) is 14.4. The molecule has 210 valence electrons. The standard InChI is InChI=1S/C31H41BrN4O3/c1-6-8-23(9-7-2)25-15-18-35(21-25)30(38)28-20-34-36(27-12-10-26(32)11-13-27)29(28)24(14-17-33-22-37)16-19-39-31(3,4)5/h6-13,20,22,24-25H,1,14-19,21H2,2-5H3,(H,33,37)/b9-7-,23-8+. The van der Waals surface area contributed by atoms with E-state index in [0.29, 0.717) is 51.1 Å². The van der Waals surface area contributed by atoms with E-state index in [9.17, 15) is 9.59 Å². The van der Waals surface area contributed by atoms with Crippen molar-refractivity contribution < 1.29 is 14.3 Å². The fourth-order valence-electron chi connectivity index (χ4n) is 4.99. The van der Waals surface area contributed by atoms with Crippen LogP contribution in [-0.2, 0) is 9.53 Å². The second-order valence-corrected chi connectivity index (χ2v) is 11.7. The summed E-state index contributed by atoms with van der Waals surface area (Å²) in [6.07, 6.45) is 12.6. The zero-order valence-electron chi connectivity index (χ0n) is 23.5. The Labute approximate surface area is 241 Å². The number of benzene rings is 1. The number of rotatable bonds is 13. The molecule has 0 aliphatic carbocycles. The number of aromatic nitrogens is 2. The smallest absolute Gasteiger partial charge is 0.257 e. The van der Waals surface area contributed by atoms with Crippen molar-refractivity contribution in [2.75, 3.05) is 26.2 Å². The molecule has 8 heteroatoms. The van der Waals surface area contributed by atoms with Crippen LogP contribution in [0.3, 0.4) is 0 Å². The van der Waals surface area contributed by atoms with Crippen molar-refractivity contribution in [2.45, 2.75) is 58.5 Å². The highest BCUT2D eigenvalue weighted by atomic mass is 79.9. The van der Waals surface area contributed by atoms with Gasteiger partial charge in [-0.25, -0.2) is 4.68 Å². The second-order valence-electron chi connectivity index (χ2n) is 10.8. The Hall–Kier alpha value is -2.97. The first-order valence-electron chi connectivity index (χ1n) is 13.6. The largest absolute Gasteiger partial charge is 0.376 e. The van der Waals surface area contributed by atoms with Crippen LogP contribution in [0.5, 0.6) is 0 Å². The molecule has 2 amide bonds. The molecule has 1 aliphatic rings. The Morgan fingerprint density at radius 3 is 2.67 bits per heavy atom. The summed E-state index contributed by atoms with van der Waals surface area (Å²) in [6, 6.07) is 7.90. The summed E-state index contributed by atoms with van der Waals surface area (Å²) < 4.78 is 8.91. The van der Waals surface area contributed by atoms with Gasteiger partial charge in [0, 0.05) is 42.5 Å². The van der Waals surface area contributed by atoms with Crippen LogP contribution in [0.25, 0.3) is 5.69 Å². The van der Waals surface area contributed by atoms with Gasteiger partial charge >= 0.3 is 0 Å². The lowest BCUT2D eigenvalue weighted by Gasteiger charge is -2.25. The minimum absolute atomic E-state index is 0.0145. The topological polar surface area (TPSA) is 76.5 Å². The maximum Gasteiger partial charge on any atom is 0.257 e. The van der Waals surface area contributed by atoms with Gasteiger partial charge in [0.05, 0.1) is 28.7 Å². The van der Waals surface area contributed by atoms with Gasteiger partial charge < -0.3 is 15.0 Å². The molecule has 0 bridgehead atoms. The van der Waals surface area contributed by atoms with Gasteiger partial charge in [0.25, 0.3) is 5.91 Å². The molecule has 39 heavy (non-hydrogen) atoms. The molecular weight excluding hydrogens is 556 g/mol. The molecule has 1 saturated heterocycles. The molecule has 1 aliphatic heterocycles. The highest BCUT2D eigenvalue weighted by Gasteiger charge is 2.33. The van der Waals surface area contributed by atoms with E-state index in [1.54, 1.807) is 12.3 Å². The van der Waals surface area contributed by atoms with Crippen LogP contribution in [0.4, 0.5) is 0 Å². The van der Waals surface area contributed by atoms with E-state index in [1.165, 1.54) is 5.57 Å². The van der Waals surface area contributed by atoms with Crippen molar-refractivity contribution in [3.8, 4) is 5.69 Å². The molecule has 2 atom stereocenters. The molecule has 0 saturated carbocycles. The Morgan fingerprint density at radius 1 is 1.28 bits per heavy atom. The summed E-state index contributed by atoms with van der Waals surface area (Å²) in [6.45, 7) is 14.3. The number of hydrogen-bond donors (Lipinski definition) is 1. The molecule has 0 spiro atoms. The van der Waals surface area contributed by atoms with Gasteiger partial charge in [-0.05, 0) is 76.8 Å². The van der Waals surface area contributed by atoms with Crippen molar-refractivity contribution in [1.29, 1.82) is 0 Å². The summed E-state index contributed by atoms with van der Waals surface area (Å²) in [5, 5.41) is 7.50. The third-order valence-electron chi connectivity index (χ3n) is 6.83. The molecule has 2 heterocycles. The third kappa shape index (κ3) is 8.51. The molecule has 1 aromatic carbocycles. The summed E-state index contributed by atoms with van der Waals surface area (Å²) in [7, 11) is 0. The number of likely N-dealkylation sites (tertiary alicyclic amines) is 1. The number of allylic oxidation sites excluding steroid dienone is 4. The van der Waals surface area contributed by atoms with Crippen molar-refractivity contribution in [3.63, 3.8) is 0 Å². The lowest BCUT2D eigenvalue weighted by molar-refractivity contribution is -0.109. The number of ether oxygens (including phenoxy) is 1. The SMILES string of the molecule is C=C/C=C(\C=C/C)C1CCN(C(=O)c2cnn(-c3ccc(Br)cc3)c2C(CCNC=O)CCOC(C)(C)C)C1. The van der Waals surface area contributed by atoms with Gasteiger partial charge in [-0.2, -0.15) is 5.10 Å². The summed E-state index contributed by atoms with van der Waals surface area (Å²) in [5.41, 5.74) is 3.24. The number of carbonyl (C=O) groups is 2. The van der Waals surface area contributed by atoms with Gasteiger partial charge in [0.15, 0.2) is 0 Å². The third-order valence-corrected chi connectivity index (χ3v) is 7.36. The maximum atomic E-state index is 14.0. The second kappa shape index (κ2) is 14.4. The molecule has 0 radical (unpaired) electrons. The van der Waals surface area contributed by atoms with Gasteiger partial charge in [0.1, 0.15) is 0 Å². The van der Waals surface area contributed by atoms with E-state index in [-0.39, 0.29) is 23.3 Å². The van der Waals surface area contributed by atoms with Gasteiger partial charge in [-0.3, -0.25) is 9.59 Å². The van der Waals surface area contributed by atoms with Gasteiger partial charge in [0.2, 0.25) is 6.41 Å². The lowest BCUT2D eigenvalue weighted by atomic mass is 9.93. The fraction of sp³-hybridized carbons (Fsp3) is 0.452. The maximum absolute atomic E-state index is 14.0. The monoisotopic (exact) mass is 596 g/mol. The first-order chi connectivity index (χ1) is 18.7. The average molecular weight is 598 g/mol. The molecule has 2 unspecified atom stereocenters. The van der Waals surface area contributed by atoms with E-state index in [0.717, 1.165) is 22.3 Å². The highest BCUT2D eigenvalue weighted by molar-refractivity contribution is 9.10. The summed E-state index contributed by atoms with van der Waals surface area (Å²) in [5.74, 6) is 0.197. The Kier molecular flexibility index (Phi) is 11.3. The number of halogens is 1. The predicted octanol–water partition coefficient (Wildman–Crippen LogP) is 6.21. The molecule has 2 aromatic rings. The van der Waals surface area contributed by atoms with Gasteiger partial charge in [-0.15, -0.1) is 0 Å². The van der Waals surface area contributed by atoms with Crippen LogP contribution in [0, 0.1) is 5.92 Å². The number of carbonyl (C=O) groups excluding carboxylic acids is 2. The fourth-order valence-corrected chi connectivity index (χ4v) is 5.25. The van der Waals surface area contributed by atoms with E-state index in [2.05, 4.69) is 33.9 Å². The van der Waals surface area contributed by atoms with Crippen LogP contribution in [0.1, 0.15) is 68.9 Å². The average Bonchev–Trinajstić information content (AvgIpc) is 3.55. The number of nitrogens with zero attached hydrogens (tertiary/aromatic N) is 3. The van der Waals surface area contributed by atoms with Crippen LogP contribution >= 0.6 is 15.9 Å². The highest BCUT2D eigenvalue weighted by Crippen LogP contribution is 2.33. The van der Waals surface area contributed by atoms with Crippen molar-refractivity contribution in [3.05, 3.63) is 82.6 Å². The summed E-state index contributed by atoms with van der Waals surface area (Å²) in [4.78, 5) is 27.0. The van der Waals surface area contributed by atoms with Crippen molar-refractivity contribution >= 4 is 28.2 Å². The molecule has 1 fully saturated rings. The van der Waals surface area contributed by atoms with Crippen LogP contribution < -0.4 is 5.32 Å². The van der Waals surface area contributed by atoms with E-state index in [4.69, 9.17) is 9.84 Å². The van der Waals surface area contributed by atoms with E-state index < -0.39 is 0 Å². The zero-order valence-corrected chi connectivity index (χ0v) is 25.1. The van der Waals surface area contributed by atoms with Crippen molar-refractivity contribution in [2.24, 2.45) is 5.92 Å². The number of nitrogens with one attached hydrogen (secondary N) is 1. The van der Waals surface area contributed by atoms with Crippen LogP contribution in [-0.4, -0.2) is 58.8 Å². The minimum atomic E-state index is -0.273. The number of amides is 2. The molecule has 3 rings (SSSR count). The lowest BCUT2D eigenvalue weighted by Crippen LogP contribution is -2.30. The minimum Gasteiger partial charge on any atom is -0.376 e. The molecule has 1 N–H and O–H groups in total. The van der Waals surface area contributed by atoms with Gasteiger partial charge in [-0.1, -0.05) is 46.8 Å². The summed E-state index contributed by atoms with van der Waals surface area (Å²) >= 11 is 3.51. The van der Waals surface area contributed by atoms with Crippen LogP contribution in [0.15, 0.2) is 71.4 Å². The molecular formula is C31H41BrN4O3. The van der Waals surface area contributed by atoms with Crippen molar-refractivity contribution in [1.82, 2.24) is 20.0 Å². The van der Waals surface area contributed by atoms with E-state index >= 15 is 0 Å². The quantitative estimate of drug-likeness (QED) is 0.169. The zero-order chi connectivity index (χ0) is 28.4. The van der Waals surface area contributed by atoms with E-state index in [1.807, 2.05) is 73.7 Å². The molecule has 1 aromatic heterocycles. The Bertz CT molecular complexity index is 1180. The predicted molar refractivity (Wildman–Crippen MR) is 160 cm³/mol. The number of hydrogen-bond acceptors (Lipinski definition) is 4. The Balaban J connectivity index is 1.98.